The number of carbonyl (C=O) groups is 4. The summed E-state index contributed by atoms with van der Waals surface area (Å²) in [6, 6.07) is 8.95. The molecule has 0 aliphatic heterocycles. The third-order valence-corrected chi connectivity index (χ3v) is 8.33. The average Bonchev–Trinajstić information content (AvgIpc) is 3.41. The van der Waals surface area contributed by atoms with E-state index in [4.69, 9.17) is 4.74 Å². The van der Waals surface area contributed by atoms with E-state index in [2.05, 4.69) is 17.2 Å². The third kappa shape index (κ3) is 10.9. The first-order valence-corrected chi connectivity index (χ1v) is 15.2. The van der Waals surface area contributed by atoms with Gasteiger partial charge in [0.25, 0.3) is 5.91 Å². The van der Waals surface area contributed by atoms with Crippen LogP contribution in [0.1, 0.15) is 94.4 Å². The number of ether oxygens (including phenoxy) is 1. The lowest BCUT2D eigenvalue weighted by molar-refractivity contribution is -0.148. The minimum atomic E-state index is -0.926. The van der Waals surface area contributed by atoms with Crippen LogP contribution in [-0.2, 0) is 25.5 Å². The van der Waals surface area contributed by atoms with Crippen molar-refractivity contribution in [3.8, 4) is 0 Å². The molecule has 5 atom stereocenters. The van der Waals surface area contributed by atoms with Gasteiger partial charge >= 0.3 is 11.9 Å². The molecule has 9 nitrogen and oxygen atoms in total. The molecule has 41 heavy (non-hydrogen) atoms. The molecular formula is C31H45N3O6S. The number of carboxylic acid groups (broad SMARTS) is 1. The van der Waals surface area contributed by atoms with Crippen LogP contribution >= 0.6 is 11.3 Å². The van der Waals surface area contributed by atoms with Gasteiger partial charge in [0.15, 0.2) is 6.10 Å². The Morgan fingerprint density at radius 3 is 2.29 bits per heavy atom. The second kappa shape index (κ2) is 16.2. The van der Waals surface area contributed by atoms with Gasteiger partial charge in [-0.3, -0.25) is 19.2 Å². The number of nitrogens with one attached hydrogen (secondary N) is 1. The Kier molecular flexibility index (Phi) is 13.4. The van der Waals surface area contributed by atoms with Crippen molar-refractivity contribution >= 4 is 35.1 Å². The molecule has 10 heteroatoms. The van der Waals surface area contributed by atoms with E-state index in [-0.39, 0.29) is 35.9 Å². The average molecular weight is 588 g/mol. The molecule has 2 N–H and O–H groups in total. The zero-order valence-electron chi connectivity index (χ0n) is 25.3. The molecular weight excluding hydrogens is 542 g/mol. The summed E-state index contributed by atoms with van der Waals surface area (Å²) in [7, 11) is 1.78. The molecule has 1 heterocycles. The molecule has 2 rings (SSSR count). The quantitative estimate of drug-likeness (QED) is 0.248. The zero-order chi connectivity index (χ0) is 30.7. The lowest BCUT2D eigenvalue weighted by Gasteiger charge is -2.34. The number of hydrogen-bond donors (Lipinski definition) is 2. The highest BCUT2D eigenvalue weighted by molar-refractivity contribution is 7.09. The van der Waals surface area contributed by atoms with Gasteiger partial charge in [-0.2, -0.15) is 0 Å². The molecule has 2 aromatic rings. The van der Waals surface area contributed by atoms with E-state index in [1.54, 1.807) is 24.3 Å². The maximum atomic E-state index is 13.2. The minimum absolute atomic E-state index is 0.0406. The Labute approximate surface area is 247 Å². The van der Waals surface area contributed by atoms with Gasteiger partial charge in [-0.15, -0.1) is 11.3 Å². The molecule has 1 aromatic carbocycles. The minimum Gasteiger partial charge on any atom is -0.481 e. The zero-order valence-corrected chi connectivity index (χ0v) is 26.1. The van der Waals surface area contributed by atoms with Crippen molar-refractivity contribution < 1.29 is 29.0 Å². The summed E-state index contributed by atoms with van der Waals surface area (Å²) >= 11 is 1.22. The summed E-state index contributed by atoms with van der Waals surface area (Å²) < 4.78 is 5.66. The van der Waals surface area contributed by atoms with E-state index in [0.29, 0.717) is 24.3 Å². The van der Waals surface area contributed by atoms with Crippen LogP contribution in [0.25, 0.3) is 0 Å². The Morgan fingerprint density at radius 1 is 1.07 bits per heavy atom. The number of esters is 1. The second-order valence-electron chi connectivity index (χ2n) is 11.3. The predicted octanol–water partition coefficient (Wildman–Crippen LogP) is 5.51. The molecule has 0 radical (unpaired) electrons. The Balaban J connectivity index is 2.24. The number of nitrogens with zero attached hydrogens (tertiary/aromatic N) is 2. The van der Waals surface area contributed by atoms with Gasteiger partial charge in [0, 0.05) is 44.3 Å². The monoisotopic (exact) mass is 587 g/mol. The van der Waals surface area contributed by atoms with E-state index in [0.717, 1.165) is 12.0 Å². The van der Waals surface area contributed by atoms with Gasteiger partial charge in [-0.25, -0.2) is 4.98 Å². The fraction of sp³-hybridized carbons (Fsp3) is 0.581. The van der Waals surface area contributed by atoms with Gasteiger partial charge in [0.05, 0.1) is 5.92 Å². The lowest BCUT2D eigenvalue weighted by atomic mass is 9.95. The molecule has 0 saturated carbocycles. The number of benzene rings is 1. The third-order valence-electron chi connectivity index (χ3n) is 7.39. The number of carbonyl (C=O) groups excluding carboxylic acids is 3. The number of amides is 2. The van der Waals surface area contributed by atoms with E-state index in [9.17, 15) is 24.3 Å². The Morgan fingerprint density at radius 2 is 1.73 bits per heavy atom. The topological polar surface area (TPSA) is 126 Å². The van der Waals surface area contributed by atoms with Crippen LogP contribution in [0.5, 0.6) is 0 Å². The first-order chi connectivity index (χ1) is 19.3. The van der Waals surface area contributed by atoms with Gasteiger partial charge < -0.3 is 20.1 Å². The lowest BCUT2D eigenvalue weighted by Crippen LogP contribution is -2.42. The molecule has 0 fully saturated rings. The number of aliphatic carboxylic acids is 1. The summed E-state index contributed by atoms with van der Waals surface area (Å²) in [6.07, 6.45) is 1.72. The fourth-order valence-electron chi connectivity index (χ4n) is 4.69. The molecule has 1 aromatic heterocycles. The van der Waals surface area contributed by atoms with Crippen molar-refractivity contribution in [3.05, 3.63) is 52.0 Å². The Bertz CT molecular complexity index is 1150. The van der Waals surface area contributed by atoms with Crippen LogP contribution in [0.15, 0.2) is 35.7 Å². The molecule has 0 saturated heterocycles. The summed E-state index contributed by atoms with van der Waals surface area (Å²) in [5.41, 5.74) is 1.15. The van der Waals surface area contributed by atoms with Crippen LogP contribution in [0, 0.1) is 17.8 Å². The van der Waals surface area contributed by atoms with E-state index >= 15 is 0 Å². The van der Waals surface area contributed by atoms with E-state index in [1.807, 2.05) is 51.1 Å². The van der Waals surface area contributed by atoms with Gasteiger partial charge in [-0.1, -0.05) is 71.4 Å². The highest BCUT2D eigenvalue weighted by Gasteiger charge is 2.31. The molecule has 0 spiro atoms. The SMILES string of the molecule is CC[C@H](C)CC(=O)N(C)[C@@H](C[C@H](OC(C)=O)c1nc(C(=O)N[C@@H](Cc2ccccc2)C[C@H](C)C(=O)O)cs1)C(C)C. The predicted molar refractivity (Wildman–Crippen MR) is 160 cm³/mol. The normalized spacial score (nSPS) is 14.9. The molecule has 2 amide bonds. The van der Waals surface area contributed by atoms with Crippen LogP contribution in [0.4, 0.5) is 0 Å². The molecule has 0 unspecified atom stereocenters. The summed E-state index contributed by atoms with van der Waals surface area (Å²) in [5, 5.41) is 14.5. The maximum Gasteiger partial charge on any atom is 0.306 e. The van der Waals surface area contributed by atoms with E-state index in [1.165, 1.54) is 18.3 Å². The second-order valence-corrected chi connectivity index (χ2v) is 12.2. The van der Waals surface area contributed by atoms with Crippen LogP contribution in [0.2, 0.25) is 0 Å². The summed E-state index contributed by atoms with van der Waals surface area (Å²) in [5.74, 6) is -2.06. The Hall–Kier alpha value is -3.27. The van der Waals surface area contributed by atoms with E-state index < -0.39 is 35.9 Å². The van der Waals surface area contributed by atoms with Crippen molar-refractivity contribution in [2.75, 3.05) is 7.05 Å². The van der Waals surface area contributed by atoms with Crippen LogP contribution < -0.4 is 5.32 Å². The largest absolute Gasteiger partial charge is 0.481 e. The van der Waals surface area contributed by atoms with Crippen LogP contribution in [0.3, 0.4) is 0 Å². The highest BCUT2D eigenvalue weighted by Crippen LogP contribution is 2.31. The first kappa shape index (κ1) is 33.9. The van der Waals surface area contributed by atoms with Crippen molar-refractivity contribution in [1.29, 1.82) is 0 Å². The fourth-order valence-corrected chi connectivity index (χ4v) is 5.53. The smallest absolute Gasteiger partial charge is 0.306 e. The number of aromatic nitrogens is 1. The van der Waals surface area contributed by atoms with Crippen molar-refractivity contribution in [3.63, 3.8) is 0 Å². The van der Waals surface area contributed by atoms with Gasteiger partial charge in [0.1, 0.15) is 10.7 Å². The van der Waals surface area contributed by atoms with Crippen molar-refractivity contribution in [1.82, 2.24) is 15.2 Å². The number of thiazole rings is 1. The maximum absolute atomic E-state index is 13.2. The number of carboxylic acids is 1. The van der Waals surface area contributed by atoms with Crippen molar-refractivity contribution in [2.45, 2.75) is 91.8 Å². The number of hydrogen-bond acceptors (Lipinski definition) is 7. The highest BCUT2D eigenvalue weighted by atomic mass is 32.1. The summed E-state index contributed by atoms with van der Waals surface area (Å²) in [6.45, 7) is 11.1. The number of rotatable bonds is 16. The standard InChI is InChI=1S/C31H45N3O6S/c1-8-20(4)14-28(36)34(7)26(19(2)3)17-27(40-22(6)35)30-33-25(18-41-30)29(37)32-24(15-21(5)31(38)39)16-23-12-10-9-11-13-23/h9-13,18-21,24,26-27H,8,14-17H2,1-7H3,(H,32,37)(H,38,39)/t20-,21-,24+,26-,27-/m0/s1. The van der Waals surface area contributed by atoms with Crippen LogP contribution in [-0.4, -0.2) is 57.9 Å². The molecule has 0 aliphatic carbocycles. The molecule has 0 bridgehead atoms. The summed E-state index contributed by atoms with van der Waals surface area (Å²) in [4.78, 5) is 56.0. The molecule has 0 aliphatic rings. The van der Waals surface area contributed by atoms with Crippen molar-refractivity contribution in [2.24, 2.45) is 17.8 Å². The van der Waals surface area contributed by atoms with Gasteiger partial charge in [0.2, 0.25) is 5.91 Å². The van der Waals surface area contributed by atoms with Gasteiger partial charge in [-0.05, 0) is 30.2 Å². The molecule has 226 valence electrons. The first-order valence-electron chi connectivity index (χ1n) is 14.3.